The monoisotopic (exact) mass is 570 g/mol. The molecule has 2 heterocycles. The van der Waals surface area contributed by atoms with Crippen LogP contribution >= 0.6 is 0 Å². The summed E-state index contributed by atoms with van der Waals surface area (Å²) in [7, 11) is 0. The lowest BCUT2D eigenvalue weighted by Crippen LogP contribution is -2.42. The van der Waals surface area contributed by atoms with Crippen molar-refractivity contribution in [1.29, 1.82) is 0 Å². The molecule has 4 aromatic rings. The number of carbonyl (C=O) groups is 2. The molecule has 0 amide bonds. The first-order valence-electron chi connectivity index (χ1n) is 14.5. The summed E-state index contributed by atoms with van der Waals surface area (Å²) in [5, 5.41) is 13.5. The molecule has 0 aliphatic carbocycles. The summed E-state index contributed by atoms with van der Waals surface area (Å²) in [6, 6.07) is 40.1. The molecular formula is C35H34N6O2. The second-order valence-corrected chi connectivity index (χ2v) is 10.6. The number of rotatable bonds is 10. The molecule has 6 rings (SSSR count). The highest BCUT2D eigenvalue weighted by Gasteiger charge is 2.40. The lowest BCUT2D eigenvalue weighted by molar-refractivity contribution is -0.112. The van der Waals surface area contributed by atoms with E-state index >= 15 is 0 Å². The Morgan fingerprint density at radius 3 is 1.19 bits per heavy atom. The molecule has 2 atom stereocenters. The number of hydrazone groups is 2. The Bertz CT molecular complexity index is 1500. The normalized spacial score (nSPS) is 18.1. The van der Waals surface area contributed by atoms with E-state index < -0.39 is 0 Å². The molecule has 8 nitrogen and oxygen atoms in total. The van der Waals surface area contributed by atoms with E-state index in [0.717, 1.165) is 22.5 Å². The van der Waals surface area contributed by atoms with E-state index in [1.165, 1.54) is 0 Å². The first-order chi connectivity index (χ1) is 21.0. The summed E-state index contributed by atoms with van der Waals surface area (Å²) in [4.78, 5) is 30.0. The SMILES string of the molecule is CC(=O)C1=NN(c2ccccc2)C(c2ccccc2)N1CCCN1C(C(C)=O)=NN(c2ccccc2)C1c1ccccc1. The van der Waals surface area contributed by atoms with Crippen LogP contribution in [0.5, 0.6) is 0 Å². The minimum absolute atomic E-state index is 0.0936. The highest BCUT2D eigenvalue weighted by molar-refractivity contribution is 6.39. The summed E-state index contributed by atoms with van der Waals surface area (Å²) in [5.74, 6) is 0.656. The van der Waals surface area contributed by atoms with Crippen molar-refractivity contribution in [1.82, 2.24) is 9.80 Å². The Morgan fingerprint density at radius 2 is 0.860 bits per heavy atom. The van der Waals surface area contributed by atoms with Crippen molar-refractivity contribution in [3.63, 3.8) is 0 Å². The van der Waals surface area contributed by atoms with Crippen LogP contribution in [-0.2, 0) is 9.59 Å². The van der Waals surface area contributed by atoms with Gasteiger partial charge in [-0.25, -0.2) is 10.0 Å². The molecule has 2 aliphatic heterocycles. The number of anilines is 2. The fourth-order valence-electron chi connectivity index (χ4n) is 5.79. The predicted octanol–water partition coefficient (Wildman–Crippen LogP) is 6.22. The van der Waals surface area contributed by atoms with E-state index in [4.69, 9.17) is 10.2 Å². The quantitative estimate of drug-likeness (QED) is 0.225. The van der Waals surface area contributed by atoms with Crippen LogP contribution in [0, 0.1) is 0 Å². The minimum Gasteiger partial charge on any atom is -0.326 e. The van der Waals surface area contributed by atoms with E-state index in [1.54, 1.807) is 13.8 Å². The van der Waals surface area contributed by atoms with Crippen molar-refractivity contribution in [2.24, 2.45) is 10.2 Å². The van der Waals surface area contributed by atoms with Gasteiger partial charge in [0.15, 0.2) is 35.6 Å². The Balaban J connectivity index is 1.31. The Hall–Kier alpha value is -5.24. The fourth-order valence-corrected chi connectivity index (χ4v) is 5.79. The van der Waals surface area contributed by atoms with Crippen LogP contribution in [-0.4, -0.2) is 46.1 Å². The number of nitrogens with zero attached hydrogens (tertiary/aromatic N) is 6. The van der Waals surface area contributed by atoms with Gasteiger partial charge in [0.1, 0.15) is 0 Å². The zero-order chi connectivity index (χ0) is 29.8. The first-order valence-corrected chi connectivity index (χ1v) is 14.5. The lowest BCUT2D eigenvalue weighted by atomic mass is 10.1. The number of hydrogen-bond donors (Lipinski definition) is 0. The third-order valence-electron chi connectivity index (χ3n) is 7.67. The topological polar surface area (TPSA) is 71.8 Å². The van der Waals surface area contributed by atoms with Crippen molar-refractivity contribution in [2.45, 2.75) is 32.6 Å². The van der Waals surface area contributed by atoms with E-state index in [0.29, 0.717) is 31.2 Å². The van der Waals surface area contributed by atoms with Gasteiger partial charge in [0.25, 0.3) is 0 Å². The van der Waals surface area contributed by atoms with Gasteiger partial charge in [0.2, 0.25) is 0 Å². The van der Waals surface area contributed by atoms with Crippen LogP contribution in [0.2, 0.25) is 0 Å². The number of amidine groups is 2. The fraction of sp³-hybridized carbons (Fsp3) is 0.200. The van der Waals surface area contributed by atoms with Crippen molar-refractivity contribution in [3.8, 4) is 0 Å². The molecule has 0 N–H and O–H groups in total. The molecule has 0 aromatic heterocycles. The second-order valence-electron chi connectivity index (χ2n) is 10.6. The average Bonchev–Trinajstić information content (AvgIpc) is 3.63. The van der Waals surface area contributed by atoms with Gasteiger partial charge in [0, 0.05) is 26.9 Å². The van der Waals surface area contributed by atoms with Gasteiger partial charge < -0.3 is 9.80 Å². The Labute approximate surface area is 252 Å². The Morgan fingerprint density at radius 1 is 0.535 bits per heavy atom. The number of benzene rings is 4. The maximum atomic E-state index is 12.9. The van der Waals surface area contributed by atoms with Crippen LogP contribution in [0.1, 0.15) is 43.7 Å². The molecule has 4 aromatic carbocycles. The smallest absolute Gasteiger partial charge is 0.196 e. The van der Waals surface area contributed by atoms with Gasteiger partial charge in [0.05, 0.1) is 11.4 Å². The van der Waals surface area contributed by atoms with E-state index in [2.05, 4.69) is 34.1 Å². The van der Waals surface area contributed by atoms with Gasteiger partial charge in [-0.1, -0.05) is 97.1 Å². The van der Waals surface area contributed by atoms with Gasteiger partial charge in [-0.15, -0.1) is 10.2 Å². The number of para-hydroxylation sites is 2. The van der Waals surface area contributed by atoms with Crippen molar-refractivity contribution < 1.29 is 9.59 Å². The van der Waals surface area contributed by atoms with Crippen LogP contribution in [0.4, 0.5) is 11.4 Å². The third kappa shape index (κ3) is 5.64. The highest BCUT2D eigenvalue weighted by atomic mass is 16.1. The zero-order valence-electron chi connectivity index (χ0n) is 24.3. The number of ketones is 2. The molecular weight excluding hydrogens is 536 g/mol. The van der Waals surface area contributed by atoms with E-state index in [1.807, 2.05) is 107 Å². The number of hydrogen-bond acceptors (Lipinski definition) is 8. The van der Waals surface area contributed by atoms with Gasteiger partial charge in [-0.05, 0) is 41.8 Å². The van der Waals surface area contributed by atoms with Crippen LogP contribution in [0.25, 0.3) is 0 Å². The molecule has 2 aliphatic rings. The standard InChI is InChI=1S/C35H34N6O2/c1-26(42)32-36-40(30-20-11-5-12-21-30)34(28-16-7-3-8-17-28)38(32)24-15-25-39-33(27(2)43)37-41(31-22-13-6-14-23-31)35(39)29-18-9-4-10-19-29/h3-14,16-23,34-35H,15,24-25H2,1-2H3. The number of Topliss-reactive ketones (excluding diaryl/α,β-unsaturated/α-hetero) is 2. The molecule has 2 unspecified atom stereocenters. The third-order valence-corrected chi connectivity index (χ3v) is 7.67. The minimum atomic E-state index is -0.284. The second kappa shape index (κ2) is 12.3. The molecule has 0 bridgehead atoms. The van der Waals surface area contributed by atoms with Crippen molar-refractivity contribution >= 4 is 34.6 Å². The molecule has 0 saturated carbocycles. The molecule has 8 heteroatoms. The molecule has 0 radical (unpaired) electrons. The predicted molar refractivity (Wildman–Crippen MR) is 170 cm³/mol. The highest BCUT2D eigenvalue weighted by Crippen LogP contribution is 2.38. The van der Waals surface area contributed by atoms with Crippen LogP contribution in [0.3, 0.4) is 0 Å². The molecule has 216 valence electrons. The summed E-state index contributed by atoms with van der Waals surface area (Å²) < 4.78 is 0. The Kier molecular flexibility index (Phi) is 8.00. The van der Waals surface area contributed by atoms with E-state index in [-0.39, 0.29) is 23.9 Å². The number of carbonyl (C=O) groups excluding carboxylic acids is 2. The maximum absolute atomic E-state index is 12.9. The summed E-state index contributed by atoms with van der Waals surface area (Å²) >= 11 is 0. The van der Waals surface area contributed by atoms with Crippen LogP contribution < -0.4 is 10.0 Å². The molecule has 0 spiro atoms. The zero-order valence-corrected chi connectivity index (χ0v) is 24.3. The maximum Gasteiger partial charge on any atom is 0.196 e. The molecule has 0 saturated heterocycles. The summed E-state index contributed by atoms with van der Waals surface area (Å²) in [5.41, 5.74) is 3.89. The largest absolute Gasteiger partial charge is 0.326 e. The van der Waals surface area contributed by atoms with Crippen molar-refractivity contribution in [2.75, 3.05) is 23.1 Å². The lowest BCUT2D eigenvalue weighted by Gasteiger charge is -2.34. The van der Waals surface area contributed by atoms with Crippen LogP contribution in [0.15, 0.2) is 132 Å². The van der Waals surface area contributed by atoms with Gasteiger partial charge in [-0.2, -0.15) is 0 Å². The van der Waals surface area contributed by atoms with Gasteiger partial charge >= 0.3 is 0 Å². The average molecular weight is 571 g/mol. The first kappa shape index (κ1) is 27.9. The molecule has 43 heavy (non-hydrogen) atoms. The van der Waals surface area contributed by atoms with E-state index in [9.17, 15) is 9.59 Å². The summed E-state index contributed by atoms with van der Waals surface area (Å²) in [6.07, 6.45) is 0.0943. The summed E-state index contributed by atoms with van der Waals surface area (Å²) in [6.45, 7) is 4.23. The molecule has 0 fully saturated rings. The van der Waals surface area contributed by atoms with Crippen molar-refractivity contribution in [3.05, 3.63) is 132 Å². The van der Waals surface area contributed by atoms with Gasteiger partial charge in [-0.3, -0.25) is 9.59 Å².